The normalized spacial score (nSPS) is 10.6. The van der Waals surface area contributed by atoms with Crippen molar-refractivity contribution < 1.29 is 19.5 Å². The molecule has 0 radical (unpaired) electrons. The van der Waals surface area contributed by atoms with Crippen LogP contribution in [0.2, 0.25) is 0 Å². The first-order chi connectivity index (χ1) is 9.88. The number of nitrogens with one attached hydrogen (secondary N) is 2. The number of imide groups is 1. The molecule has 0 aliphatic heterocycles. The number of carboxylic acid groups (broad SMARTS) is 1. The number of carboxylic acids is 1. The highest BCUT2D eigenvalue weighted by Gasteiger charge is 2.05. The molecule has 1 aromatic carbocycles. The van der Waals surface area contributed by atoms with E-state index in [1.165, 1.54) is 5.56 Å². The van der Waals surface area contributed by atoms with E-state index < -0.39 is 17.9 Å². The summed E-state index contributed by atoms with van der Waals surface area (Å²) in [5.74, 6) is -1.60. The fourth-order valence-electron chi connectivity index (χ4n) is 1.55. The van der Waals surface area contributed by atoms with Crippen molar-refractivity contribution in [3.8, 4) is 0 Å². The largest absolute Gasteiger partial charge is 0.478 e. The van der Waals surface area contributed by atoms with Crippen molar-refractivity contribution >= 4 is 17.9 Å². The minimum atomic E-state index is -1.25. The summed E-state index contributed by atoms with van der Waals surface area (Å²) in [5.41, 5.74) is 2.11. The highest BCUT2D eigenvalue weighted by molar-refractivity contribution is 6.02. The molecule has 0 fully saturated rings. The first kappa shape index (κ1) is 16.4. The van der Waals surface area contributed by atoms with E-state index in [1.54, 1.807) is 0 Å². The van der Waals surface area contributed by atoms with Crippen molar-refractivity contribution in [3.05, 3.63) is 47.5 Å². The van der Waals surface area contributed by atoms with Crippen molar-refractivity contribution in [3.63, 3.8) is 0 Å². The van der Waals surface area contributed by atoms with Crippen molar-refractivity contribution in [2.24, 2.45) is 0 Å². The summed E-state index contributed by atoms with van der Waals surface area (Å²) in [6.07, 6.45) is 1.44. The Labute approximate surface area is 122 Å². The van der Waals surface area contributed by atoms with E-state index in [9.17, 15) is 14.4 Å². The maximum atomic E-state index is 11.4. The van der Waals surface area contributed by atoms with Gasteiger partial charge in [0.1, 0.15) is 0 Å². The third-order valence-electron chi connectivity index (χ3n) is 2.71. The predicted molar refractivity (Wildman–Crippen MR) is 77.7 cm³/mol. The van der Waals surface area contributed by atoms with Gasteiger partial charge in [0.2, 0.25) is 0 Å². The number of carbonyl (C=O) groups excluding carboxylic acids is 2. The van der Waals surface area contributed by atoms with Crippen LogP contribution in [0.5, 0.6) is 0 Å². The molecule has 0 aromatic heterocycles. The number of carbonyl (C=O) groups is 3. The van der Waals surface area contributed by atoms with Gasteiger partial charge in [-0.1, -0.05) is 38.1 Å². The van der Waals surface area contributed by atoms with E-state index in [4.69, 9.17) is 5.11 Å². The number of urea groups is 1. The van der Waals surface area contributed by atoms with Crippen LogP contribution in [0, 0.1) is 0 Å². The Kier molecular flexibility index (Phi) is 6.13. The molecule has 0 saturated heterocycles. The molecular formula is C15H18N2O4. The lowest BCUT2D eigenvalue weighted by molar-refractivity contribution is -0.131. The van der Waals surface area contributed by atoms with Gasteiger partial charge in [-0.3, -0.25) is 10.1 Å². The summed E-state index contributed by atoms with van der Waals surface area (Å²) in [7, 11) is 0. The second kappa shape index (κ2) is 7.84. The number of amides is 3. The molecule has 0 heterocycles. The molecule has 0 aliphatic rings. The maximum absolute atomic E-state index is 11.4. The predicted octanol–water partition coefficient (Wildman–Crippen LogP) is 1.78. The zero-order valence-electron chi connectivity index (χ0n) is 11.9. The quantitative estimate of drug-likeness (QED) is 0.720. The fourth-order valence-corrected chi connectivity index (χ4v) is 1.55. The summed E-state index contributed by atoms with van der Waals surface area (Å²) in [4.78, 5) is 32.8. The van der Waals surface area contributed by atoms with Crippen LogP contribution < -0.4 is 10.6 Å². The SMILES string of the molecule is CC(C)c1ccc(CNC(=O)NC(=O)C=CC(=O)O)cc1. The Morgan fingerprint density at radius 2 is 1.76 bits per heavy atom. The lowest BCUT2D eigenvalue weighted by Gasteiger charge is -2.08. The average molecular weight is 290 g/mol. The molecule has 6 nitrogen and oxygen atoms in total. The van der Waals surface area contributed by atoms with Crippen LogP contribution >= 0.6 is 0 Å². The summed E-state index contributed by atoms with van der Waals surface area (Å²) >= 11 is 0. The molecule has 6 heteroatoms. The third kappa shape index (κ3) is 6.38. The molecule has 3 N–H and O–H groups in total. The summed E-state index contributed by atoms with van der Waals surface area (Å²) < 4.78 is 0. The highest BCUT2D eigenvalue weighted by atomic mass is 16.4. The van der Waals surface area contributed by atoms with Gasteiger partial charge in [-0.2, -0.15) is 0 Å². The van der Waals surface area contributed by atoms with Crippen molar-refractivity contribution in [1.82, 2.24) is 10.6 Å². The van der Waals surface area contributed by atoms with Crippen molar-refractivity contribution in [2.75, 3.05) is 0 Å². The standard InChI is InChI=1S/C15H18N2O4/c1-10(2)12-5-3-11(4-6-12)9-16-15(21)17-13(18)7-8-14(19)20/h3-8,10H,9H2,1-2H3,(H,19,20)(H2,16,17,18,21). The fraction of sp³-hybridized carbons (Fsp3) is 0.267. The van der Waals surface area contributed by atoms with Crippen LogP contribution in [0.15, 0.2) is 36.4 Å². The molecular weight excluding hydrogens is 272 g/mol. The summed E-state index contributed by atoms with van der Waals surface area (Å²) in [6, 6.07) is 7.10. The van der Waals surface area contributed by atoms with Crippen LogP contribution in [0.1, 0.15) is 30.9 Å². The number of benzene rings is 1. The zero-order chi connectivity index (χ0) is 15.8. The topological polar surface area (TPSA) is 95.5 Å². The first-order valence-corrected chi connectivity index (χ1v) is 6.47. The number of rotatable bonds is 5. The zero-order valence-corrected chi connectivity index (χ0v) is 11.9. The Hall–Kier alpha value is -2.63. The smallest absolute Gasteiger partial charge is 0.328 e. The van der Waals surface area contributed by atoms with E-state index in [1.807, 2.05) is 29.6 Å². The Balaban J connectivity index is 2.42. The van der Waals surface area contributed by atoms with Gasteiger partial charge in [0.15, 0.2) is 0 Å². The second-order valence-electron chi connectivity index (χ2n) is 4.74. The van der Waals surface area contributed by atoms with Gasteiger partial charge in [-0.15, -0.1) is 0 Å². The summed E-state index contributed by atoms with van der Waals surface area (Å²) in [5, 5.41) is 12.9. The Morgan fingerprint density at radius 3 is 2.29 bits per heavy atom. The molecule has 112 valence electrons. The van der Waals surface area contributed by atoms with E-state index >= 15 is 0 Å². The summed E-state index contributed by atoms with van der Waals surface area (Å²) in [6.45, 7) is 4.47. The van der Waals surface area contributed by atoms with E-state index in [2.05, 4.69) is 19.2 Å². The third-order valence-corrected chi connectivity index (χ3v) is 2.71. The molecule has 3 amide bonds. The van der Waals surface area contributed by atoms with Gasteiger partial charge in [-0.25, -0.2) is 9.59 Å². The van der Waals surface area contributed by atoms with Crippen LogP contribution in [-0.4, -0.2) is 23.0 Å². The molecule has 0 bridgehead atoms. The van der Waals surface area contributed by atoms with Gasteiger partial charge in [0, 0.05) is 18.7 Å². The van der Waals surface area contributed by atoms with E-state index in [0.717, 1.165) is 11.6 Å². The second-order valence-corrected chi connectivity index (χ2v) is 4.74. The van der Waals surface area contributed by atoms with E-state index in [-0.39, 0.29) is 6.54 Å². The number of hydrogen-bond acceptors (Lipinski definition) is 3. The molecule has 1 rings (SSSR count). The molecule has 0 spiro atoms. The molecule has 0 saturated carbocycles. The highest BCUT2D eigenvalue weighted by Crippen LogP contribution is 2.14. The van der Waals surface area contributed by atoms with Crippen molar-refractivity contribution in [1.29, 1.82) is 0 Å². The molecule has 21 heavy (non-hydrogen) atoms. The minimum absolute atomic E-state index is 0.278. The molecule has 0 aliphatic carbocycles. The molecule has 1 aromatic rings. The van der Waals surface area contributed by atoms with E-state index in [0.29, 0.717) is 12.0 Å². The lowest BCUT2D eigenvalue weighted by Crippen LogP contribution is -2.38. The van der Waals surface area contributed by atoms with Gasteiger partial charge in [-0.05, 0) is 17.0 Å². The Bertz CT molecular complexity index is 547. The Morgan fingerprint density at radius 1 is 1.14 bits per heavy atom. The average Bonchev–Trinajstić information content (AvgIpc) is 2.43. The van der Waals surface area contributed by atoms with Crippen LogP contribution in [0.3, 0.4) is 0 Å². The molecule has 0 atom stereocenters. The minimum Gasteiger partial charge on any atom is -0.478 e. The van der Waals surface area contributed by atoms with Crippen LogP contribution in [-0.2, 0) is 16.1 Å². The maximum Gasteiger partial charge on any atom is 0.328 e. The lowest BCUT2D eigenvalue weighted by atomic mass is 10.0. The molecule has 0 unspecified atom stereocenters. The van der Waals surface area contributed by atoms with Gasteiger partial charge in [0.05, 0.1) is 0 Å². The van der Waals surface area contributed by atoms with Crippen LogP contribution in [0.25, 0.3) is 0 Å². The van der Waals surface area contributed by atoms with Gasteiger partial charge in [0.25, 0.3) is 5.91 Å². The van der Waals surface area contributed by atoms with Crippen molar-refractivity contribution in [2.45, 2.75) is 26.3 Å². The van der Waals surface area contributed by atoms with Gasteiger partial charge >= 0.3 is 12.0 Å². The number of hydrogen-bond donors (Lipinski definition) is 3. The van der Waals surface area contributed by atoms with Gasteiger partial charge < -0.3 is 10.4 Å². The number of aliphatic carboxylic acids is 1. The van der Waals surface area contributed by atoms with Crippen LogP contribution in [0.4, 0.5) is 4.79 Å². The monoisotopic (exact) mass is 290 g/mol. The first-order valence-electron chi connectivity index (χ1n) is 6.47.